The average Bonchev–Trinajstić information content (AvgIpc) is 3.44. The standard InChI is InChI=1S/C31H21N3/c1-3-11-22(12-4-1)24-19-25(23-13-5-2-6-14-23)21-26(20-24)34-28-16-8-7-15-27(28)30-31(34)33-18-10-9-17-29(33)32-30/h1-21H. The molecule has 0 radical (unpaired) electrons. The van der Waals surface area contributed by atoms with Crippen molar-refractivity contribution in [3.8, 4) is 27.9 Å². The Balaban J connectivity index is 1.61. The Morgan fingerprint density at radius 3 is 1.85 bits per heavy atom. The molecule has 160 valence electrons. The molecule has 3 nitrogen and oxygen atoms in total. The highest BCUT2D eigenvalue weighted by Crippen LogP contribution is 2.36. The Kier molecular flexibility index (Phi) is 4.15. The number of fused-ring (bicyclic) bond motifs is 5. The molecule has 0 aliphatic carbocycles. The summed E-state index contributed by atoms with van der Waals surface area (Å²) < 4.78 is 4.54. The first-order valence-corrected chi connectivity index (χ1v) is 11.5. The second-order valence-corrected chi connectivity index (χ2v) is 8.57. The van der Waals surface area contributed by atoms with E-state index in [0.29, 0.717) is 0 Å². The van der Waals surface area contributed by atoms with E-state index in [1.165, 1.54) is 22.3 Å². The van der Waals surface area contributed by atoms with Crippen molar-refractivity contribution in [1.82, 2.24) is 14.0 Å². The largest absolute Gasteiger partial charge is 0.294 e. The van der Waals surface area contributed by atoms with E-state index in [2.05, 4.69) is 130 Å². The molecule has 0 unspecified atom stereocenters. The lowest BCUT2D eigenvalue weighted by atomic mass is 9.98. The first-order chi connectivity index (χ1) is 16.9. The van der Waals surface area contributed by atoms with Crippen LogP contribution in [0.3, 0.4) is 0 Å². The van der Waals surface area contributed by atoms with Crippen molar-refractivity contribution in [1.29, 1.82) is 0 Å². The quantitative estimate of drug-likeness (QED) is 0.278. The van der Waals surface area contributed by atoms with E-state index in [9.17, 15) is 0 Å². The molecule has 0 aliphatic heterocycles. The topological polar surface area (TPSA) is 22.2 Å². The predicted octanol–water partition coefficient (Wildman–Crippen LogP) is 7.77. The fourth-order valence-corrected chi connectivity index (χ4v) is 4.96. The van der Waals surface area contributed by atoms with E-state index in [1.54, 1.807) is 0 Å². The molecule has 0 N–H and O–H groups in total. The van der Waals surface area contributed by atoms with Crippen LogP contribution in [0.15, 0.2) is 128 Å². The van der Waals surface area contributed by atoms with Crippen molar-refractivity contribution in [3.63, 3.8) is 0 Å². The third-order valence-corrected chi connectivity index (χ3v) is 6.51. The highest BCUT2D eigenvalue weighted by atomic mass is 15.1. The van der Waals surface area contributed by atoms with Crippen molar-refractivity contribution in [2.75, 3.05) is 0 Å². The van der Waals surface area contributed by atoms with Crippen molar-refractivity contribution in [2.24, 2.45) is 0 Å². The van der Waals surface area contributed by atoms with Crippen molar-refractivity contribution < 1.29 is 0 Å². The van der Waals surface area contributed by atoms with E-state index >= 15 is 0 Å². The van der Waals surface area contributed by atoms with E-state index < -0.39 is 0 Å². The van der Waals surface area contributed by atoms with E-state index in [-0.39, 0.29) is 0 Å². The lowest BCUT2D eigenvalue weighted by Crippen LogP contribution is -1.98. The number of pyridine rings is 1. The number of imidazole rings is 1. The Morgan fingerprint density at radius 2 is 1.15 bits per heavy atom. The van der Waals surface area contributed by atoms with Gasteiger partial charge in [-0.3, -0.25) is 8.97 Å². The molecule has 0 aliphatic rings. The number of benzene rings is 4. The van der Waals surface area contributed by atoms with Crippen LogP contribution in [0.4, 0.5) is 0 Å². The van der Waals surface area contributed by atoms with Crippen molar-refractivity contribution >= 4 is 27.7 Å². The summed E-state index contributed by atoms with van der Waals surface area (Å²) in [4.78, 5) is 4.99. The van der Waals surface area contributed by atoms with Crippen molar-refractivity contribution in [3.05, 3.63) is 128 Å². The van der Waals surface area contributed by atoms with E-state index in [0.717, 1.165) is 33.4 Å². The number of hydrogen-bond donors (Lipinski definition) is 0. The lowest BCUT2D eigenvalue weighted by molar-refractivity contribution is 1.09. The zero-order valence-electron chi connectivity index (χ0n) is 18.5. The molecule has 3 heteroatoms. The summed E-state index contributed by atoms with van der Waals surface area (Å²) in [6, 6.07) is 42.8. The SMILES string of the molecule is c1ccc(-c2cc(-c3ccccc3)cc(-n3c4ccccc4c4nc5ccccn5c43)c2)cc1. The van der Waals surface area contributed by atoms with Gasteiger partial charge in [0.1, 0.15) is 11.2 Å². The maximum absolute atomic E-state index is 4.99. The van der Waals surface area contributed by atoms with Gasteiger partial charge in [0.2, 0.25) is 0 Å². The minimum absolute atomic E-state index is 0.953. The molecule has 3 aromatic heterocycles. The third-order valence-electron chi connectivity index (χ3n) is 6.51. The summed E-state index contributed by atoms with van der Waals surface area (Å²) >= 11 is 0. The Hall–Kier alpha value is -4.63. The Morgan fingerprint density at radius 1 is 0.529 bits per heavy atom. The van der Waals surface area contributed by atoms with Gasteiger partial charge < -0.3 is 0 Å². The summed E-state index contributed by atoms with van der Waals surface area (Å²) in [5.74, 6) is 0. The zero-order chi connectivity index (χ0) is 22.5. The highest BCUT2D eigenvalue weighted by Gasteiger charge is 2.18. The number of aromatic nitrogens is 3. The number of nitrogens with zero attached hydrogens (tertiary/aromatic N) is 3. The fraction of sp³-hybridized carbons (Fsp3) is 0. The second kappa shape index (κ2) is 7.46. The van der Waals surface area contributed by atoms with Crippen LogP contribution in [0.5, 0.6) is 0 Å². The molecule has 4 aromatic carbocycles. The van der Waals surface area contributed by atoms with Crippen LogP contribution >= 0.6 is 0 Å². The van der Waals surface area contributed by atoms with Gasteiger partial charge in [-0.25, -0.2) is 4.98 Å². The molecule has 0 bridgehead atoms. The number of hydrogen-bond acceptors (Lipinski definition) is 1. The summed E-state index contributed by atoms with van der Waals surface area (Å²) in [6.07, 6.45) is 2.10. The number of para-hydroxylation sites is 1. The Bertz CT molecular complexity index is 1730. The molecular weight excluding hydrogens is 414 g/mol. The van der Waals surface area contributed by atoms with Crippen LogP contribution in [0.1, 0.15) is 0 Å². The average molecular weight is 436 g/mol. The minimum atomic E-state index is 0.953. The predicted molar refractivity (Wildman–Crippen MR) is 140 cm³/mol. The second-order valence-electron chi connectivity index (χ2n) is 8.57. The molecule has 7 aromatic rings. The summed E-state index contributed by atoms with van der Waals surface area (Å²) in [5.41, 5.74) is 10.1. The molecule has 34 heavy (non-hydrogen) atoms. The molecule has 0 amide bonds. The normalized spacial score (nSPS) is 11.5. The van der Waals surface area contributed by atoms with E-state index in [4.69, 9.17) is 4.98 Å². The molecule has 7 rings (SSSR count). The lowest BCUT2D eigenvalue weighted by Gasteiger charge is -2.14. The van der Waals surface area contributed by atoms with Gasteiger partial charge in [0.05, 0.1) is 5.52 Å². The van der Waals surface area contributed by atoms with Gasteiger partial charge >= 0.3 is 0 Å². The minimum Gasteiger partial charge on any atom is -0.294 e. The van der Waals surface area contributed by atoms with E-state index in [1.807, 2.05) is 6.07 Å². The fourth-order valence-electron chi connectivity index (χ4n) is 4.96. The van der Waals surface area contributed by atoms with Crippen LogP contribution < -0.4 is 0 Å². The number of rotatable bonds is 3. The van der Waals surface area contributed by atoms with Crippen LogP contribution in [0.25, 0.3) is 55.7 Å². The molecular formula is C31H21N3. The smallest absolute Gasteiger partial charge is 0.150 e. The molecule has 0 spiro atoms. The first-order valence-electron chi connectivity index (χ1n) is 11.5. The van der Waals surface area contributed by atoms with Gasteiger partial charge in [-0.2, -0.15) is 0 Å². The van der Waals surface area contributed by atoms with Crippen LogP contribution in [0.2, 0.25) is 0 Å². The maximum atomic E-state index is 4.99. The van der Waals surface area contributed by atoms with Gasteiger partial charge in [-0.15, -0.1) is 0 Å². The molecule has 3 heterocycles. The van der Waals surface area contributed by atoms with Crippen LogP contribution in [-0.2, 0) is 0 Å². The van der Waals surface area contributed by atoms with Gasteiger partial charge in [-0.1, -0.05) is 84.9 Å². The van der Waals surface area contributed by atoms with Crippen LogP contribution in [-0.4, -0.2) is 14.0 Å². The zero-order valence-corrected chi connectivity index (χ0v) is 18.5. The third kappa shape index (κ3) is 2.87. The summed E-state index contributed by atoms with van der Waals surface area (Å²) in [6.45, 7) is 0. The molecule has 0 saturated heterocycles. The van der Waals surface area contributed by atoms with Crippen LogP contribution in [0, 0.1) is 0 Å². The molecule has 0 saturated carbocycles. The van der Waals surface area contributed by atoms with Gasteiger partial charge in [0.15, 0.2) is 5.65 Å². The maximum Gasteiger partial charge on any atom is 0.150 e. The molecule has 0 atom stereocenters. The Labute approximate surface area is 197 Å². The van der Waals surface area contributed by atoms with Gasteiger partial charge in [0, 0.05) is 17.3 Å². The molecule has 0 fully saturated rings. The highest BCUT2D eigenvalue weighted by molar-refractivity contribution is 6.07. The van der Waals surface area contributed by atoms with Gasteiger partial charge in [0.25, 0.3) is 0 Å². The first kappa shape index (κ1) is 18.9. The summed E-state index contributed by atoms with van der Waals surface area (Å²) in [7, 11) is 0. The van der Waals surface area contributed by atoms with Gasteiger partial charge in [-0.05, 0) is 58.7 Å². The monoisotopic (exact) mass is 435 g/mol. The van der Waals surface area contributed by atoms with Crippen molar-refractivity contribution in [2.45, 2.75) is 0 Å². The summed E-state index contributed by atoms with van der Waals surface area (Å²) in [5, 5.41) is 1.16.